The first kappa shape index (κ1) is 39.0. The van der Waals surface area contributed by atoms with Gasteiger partial charge in [-0.05, 0) is 6.42 Å². The molecule has 0 aromatic carbocycles. The van der Waals surface area contributed by atoms with Gasteiger partial charge in [-0.15, -0.1) is 0 Å². The average Bonchev–Trinajstić information content (AvgIpc) is 2.94. The minimum Gasteiger partial charge on any atom is -0.457 e. The fourth-order valence-electron chi connectivity index (χ4n) is 4.15. The van der Waals surface area contributed by atoms with Gasteiger partial charge in [0.1, 0.15) is 12.2 Å². The maximum atomic E-state index is 12.1. The molecular formula is C29H57O10P. The van der Waals surface area contributed by atoms with E-state index in [4.69, 9.17) is 18.5 Å². The molecule has 238 valence electrons. The molecule has 40 heavy (non-hydrogen) atoms. The third-order valence-electron chi connectivity index (χ3n) is 6.62. The molecule has 3 unspecified atom stereocenters. The summed E-state index contributed by atoms with van der Waals surface area (Å²) in [5, 5.41) is 18.6. The number of hydrogen-bond acceptors (Lipinski definition) is 9. The average molecular weight is 597 g/mol. The lowest BCUT2D eigenvalue weighted by atomic mass is 10.0. The van der Waals surface area contributed by atoms with Gasteiger partial charge < -0.3 is 24.6 Å². The minimum atomic E-state index is -4.58. The molecule has 3 atom stereocenters. The van der Waals surface area contributed by atoms with Gasteiger partial charge in [0, 0.05) is 12.8 Å². The summed E-state index contributed by atoms with van der Waals surface area (Å²) in [6.45, 7) is 1.53. The van der Waals surface area contributed by atoms with Gasteiger partial charge in [0.05, 0.1) is 26.4 Å². The number of rotatable bonds is 29. The first-order valence-electron chi connectivity index (χ1n) is 15.5. The number of phosphoric ester groups is 1. The summed E-state index contributed by atoms with van der Waals surface area (Å²) in [4.78, 5) is 33.1. The normalized spacial score (nSPS) is 14.4. The number of aliphatic hydroxyl groups excluding tert-OH is 2. The third-order valence-corrected chi connectivity index (χ3v) is 7.57. The van der Waals surface area contributed by atoms with Crippen molar-refractivity contribution in [3.05, 3.63) is 0 Å². The summed E-state index contributed by atoms with van der Waals surface area (Å²) >= 11 is 0. The van der Waals surface area contributed by atoms with Crippen LogP contribution in [0.1, 0.15) is 136 Å². The number of hydrogen-bond donors (Lipinski definition) is 3. The molecule has 0 aromatic heterocycles. The van der Waals surface area contributed by atoms with Crippen molar-refractivity contribution in [3.8, 4) is 0 Å². The Kier molecular flexibility index (Phi) is 26.2. The SMILES string of the molecule is CCCCCCCCCCCCCCCCCCCC(=O)OC(CO)COP(=O)(O)OCC(CO)OC(=O)CC. The van der Waals surface area contributed by atoms with E-state index in [0.29, 0.717) is 6.42 Å². The number of carbonyl (C=O) groups excluding carboxylic acids is 2. The molecule has 0 bridgehead atoms. The van der Waals surface area contributed by atoms with Gasteiger partial charge in [-0.1, -0.05) is 117 Å². The van der Waals surface area contributed by atoms with Crippen LogP contribution < -0.4 is 0 Å². The van der Waals surface area contributed by atoms with Crippen LogP contribution in [0.25, 0.3) is 0 Å². The van der Waals surface area contributed by atoms with E-state index in [2.05, 4.69) is 6.92 Å². The maximum absolute atomic E-state index is 12.1. The Morgan fingerprint density at radius 2 is 0.950 bits per heavy atom. The molecule has 0 heterocycles. The Balaban J connectivity index is 3.77. The van der Waals surface area contributed by atoms with Gasteiger partial charge in [-0.3, -0.25) is 18.6 Å². The van der Waals surface area contributed by atoms with Gasteiger partial charge in [0.2, 0.25) is 0 Å². The highest BCUT2D eigenvalue weighted by atomic mass is 31.2. The number of unbranched alkanes of at least 4 members (excludes halogenated alkanes) is 16. The lowest BCUT2D eigenvalue weighted by Crippen LogP contribution is -2.28. The molecule has 0 spiro atoms. The standard InChI is InChI=1S/C29H57O10P/c1-3-5-6-7-8-9-10-11-12-13-14-15-16-17-18-19-20-21-29(33)39-27(23-31)25-37-40(34,35)36-24-26(22-30)38-28(32)4-2/h26-27,30-31H,3-25H2,1-2H3,(H,34,35). The van der Waals surface area contributed by atoms with Gasteiger partial charge in [0.15, 0.2) is 0 Å². The Hall–Kier alpha value is -1.03. The van der Waals surface area contributed by atoms with Gasteiger partial charge in [-0.2, -0.15) is 0 Å². The van der Waals surface area contributed by atoms with Crippen molar-refractivity contribution in [2.45, 2.75) is 148 Å². The topological polar surface area (TPSA) is 149 Å². The molecule has 0 aliphatic carbocycles. The summed E-state index contributed by atoms with van der Waals surface area (Å²) in [6, 6.07) is 0. The van der Waals surface area contributed by atoms with Crippen molar-refractivity contribution in [3.63, 3.8) is 0 Å². The smallest absolute Gasteiger partial charge is 0.457 e. The number of ether oxygens (including phenoxy) is 2. The summed E-state index contributed by atoms with van der Waals surface area (Å²) in [5.74, 6) is -1.10. The van der Waals surface area contributed by atoms with Crippen LogP contribution in [0.2, 0.25) is 0 Å². The first-order valence-corrected chi connectivity index (χ1v) is 17.0. The van der Waals surface area contributed by atoms with E-state index in [-0.39, 0.29) is 12.8 Å². The van der Waals surface area contributed by atoms with Gasteiger partial charge in [-0.25, -0.2) is 4.57 Å². The van der Waals surface area contributed by atoms with Crippen LogP contribution in [0.3, 0.4) is 0 Å². The summed E-state index contributed by atoms with van der Waals surface area (Å²) in [6.07, 6.45) is 19.3. The van der Waals surface area contributed by atoms with Crippen molar-refractivity contribution in [2.24, 2.45) is 0 Å². The molecular weight excluding hydrogens is 539 g/mol. The van der Waals surface area contributed by atoms with Crippen LogP contribution in [0.15, 0.2) is 0 Å². The Morgan fingerprint density at radius 3 is 1.30 bits per heavy atom. The zero-order chi connectivity index (χ0) is 29.9. The van der Waals surface area contributed by atoms with Crippen molar-refractivity contribution in [2.75, 3.05) is 26.4 Å². The molecule has 0 amide bonds. The predicted octanol–water partition coefficient (Wildman–Crippen LogP) is 6.38. The van der Waals surface area contributed by atoms with E-state index < -0.39 is 58.4 Å². The number of carbonyl (C=O) groups is 2. The monoisotopic (exact) mass is 596 g/mol. The van der Waals surface area contributed by atoms with Crippen LogP contribution in [0.4, 0.5) is 0 Å². The van der Waals surface area contributed by atoms with Gasteiger partial charge in [0.25, 0.3) is 0 Å². The van der Waals surface area contributed by atoms with Gasteiger partial charge >= 0.3 is 19.8 Å². The Morgan fingerprint density at radius 1 is 0.600 bits per heavy atom. The largest absolute Gasteiger partial charge is 0.472 e. The van der Waals surface area contributed by atoms with Crippen molar-refractivity contribution >= 4 is 19.8 Å². The highest BCUT2D eigenvalue weighted by Gasteiger charge is 2.27. The predicted molar refractivity (Wildman–Crippen MR) is 155 cm³/mol. The van der Waals surface area contributed by atoms with E-state index in [1.165, 1.54) is 83.5 Å². The highest BCUT2D eigenvalue weighted by molar-refractivity contribution is 7.47. The van der Waals surface area contributed by atoms with Crippen molar-refractivity contribution in [1.29, 1.82) is 0 Å². The van der Waals surface area contributed by atoms with Crippen molar-refractivity contribution < 1.29 is 47.8 Å². The molecule has 0 radical (unpaired) electrons. The molecule has 0 saturated heterocycles. The van der Waals surface area contributed by atoms with Crippen LogP contribution in [-0.4, -0.2) is 65.7 Å². The summed E-state index contributed by atoms with van der Waals surface area (Å²) in [5.41, 5.74) is 0. The number of phosphoric acid groups is 1. The van der Waals surface area contributed by atoms with E-state index >= 15 is 0 Å². The van der Waals surface area contributed by atoms with Crippen LogP contribution in [0, 0.1) is 0 Å². The van der Waals surface area contributed by atoms with E-state index in [9.17, 15) is 29.3 Å². The molecule has 0 aromatic rings. The fraction of sp³-hybridized carbons (Fsp3) is 0.931. The Bertz CT molecular complexity index is 661. The fourth-order valence-corrected chi connectivity index (χ4v) is 4.93. The summed E-state index contributed by atoms with van der Waals surface area (Å²) in [7, 11) is -4.58. The van der Waals surface area contributed by atoms with Crippen LogP contribution in [-0.2, 0) is 32.7 Å². The quantitative estimate of drug-likeness (QED) is 0.0504. The molecule has 0 aliphatic heterocycles. The van der Waals surface area contributed by atoms with E-state index in [1.54, 1.807) is 6.92 Å². The molecule has 3 N–H and O–H groups in total. The van der Waals surface area contributed by atoms with Crippen molar-refractivity contribution in [1.82, 2.24) is 0 Å². The second-order valence-corrected chi connectivity index (χ2v) is 11.9. The molecule has 11 heteroatoms. The molecule has 0 aliphatic rings. The minimum absolute atomic E-state index is 0.0762. The molecule has 0 rings (SSSR count). The first-order chi connectivity index (χ1) is 19.3. The third kappa shape index (κ3) is 24.7. The Labute approximate surface area is 242 Å². The molecule has 0 saturated carbocycles. The second kappa shape index (κ2) is 26.8. The van der Waals surface area contributed by atoms with Crippen LogP contribution >= 0.6 is 7.82 Å². The number of aliphatic hydroxyl groups is 2. The second-order valence-electron chi connectivity index (χ2n) is 10.4. The van der Waals surface area contributed by atoms with Crippen LogP contribution in [0.5, 0.6) is 0 Å². The lowest BCUT2D eigenvalue weighted by Gasteiger charge is -2.20. The van der Waals surface area contributed by atoms with E-state index in [1.807, 2.05) is 0 Å². The molecule has 0 fully saturated rings. The maximum Gasteiger partial charge on any atom is 0.472 e. The van der Waals surface area contributed by atoms with E-state index in [0.717, 1.165) is 19.3 Å². The molecule has 10 nitrogen and oxygen atoms in total. The lowest BCUT2D eigenvalue weighted by molar-refractivity contribution is -0.153. The number of esters is 2. The zero-order valence-electron chi connectivity index (χ0n) is 25.1. The zero-order valence-corrected chi connectivity index (χ0v) is 26.0. The highest BCUT2D eigenvalue weighted by Crippen LogP contribution is 2.43. The summed E-state index contributed by atoms with van der Waals surface area (Å²) < 4.78 is 31.5.